The lowest BCUT2D eigenvalue weighted by Gasteiger charge is -2.32. The van der Waals surface area contributed by atoms with Crippen LogP contribution in [-0.2, 0) is 24.8 Å². The van der Waals surface area contributed by atoms with Crippen molar-refractivity contribution in [3.8, 4) is 0 Å². The zero-order valence-electron chi connectivity index (χ0n) is 21.6. The normalized spacial score (nSPS) is 15.6. The van der Waals surface area contributed by atoms with Crippen molar-refractivity contribution in [2.24, 2.45) is 0 Å². The molecule has 2 aromatic rings. The minimum atomic E-state index is -3.68. The monoisotopic (exact) mass is 536 g/mol. The lowest BCUT2D eigenvalue weighted by molar-refractivity contribution is -0.116. The minimum Gasteiger partial charge on any atom is -0.326 e. The van der Waals surface area contributed by atoms with E-state index < -0.39 is 20.0 Å². The fourth-order valence-corrected chi connectivity index (χ4v) is 6.89. The molecule has 198 valence electrons. The Bertz CT molecular complexity index is 1320. The van der Waals surface area contributed by atoms with Gasteiger partial charge in [-0.15, -0.1) is 0 Å². The molecule has 0 aromatic heterocycles. The Kier molecular flexibility index (Phi) is 8.81. The van der Waals surface area contributed by atoms with Gasteiger partial charge in [-0.1, -0.05) is 18.2 Å². The molecular formula is C25H36N4O5S2. The van der Waals surface area contributed by atoms with E-state index in [4.69, 9.17) is 0 Å². The van der Waals surface area contributed by atoms with Gasteiger partial charge in [-0.2, -0.15) is 4.31 Å². The zero-order chi connectivity index (χ0) is 26.7. The molecule has 2 aromatic carbocycles. The first kappa shape index (κ1) is 28.1. The molecule has 36 heavy (non-hydrogen) atoms. The van der Waals surface area contributed by atoms with Crippen LogP contribution in [0.1, 0.15) is 29.5 Å². The number of carbonyl (C=O) groups is 1. The van der Waals surface area contributed by atoms with Crippen LogP contribution >= 0.6 is 0 Å². The van der Waals surface area contributed by atoms with E-state index in [-0.39, 0.29) is 23.8 Å². The average molecular weight is 537 g/mol. The molecule has 0 saturated carbocycles. The number of nitrogens with zero attached hydrogens (tertiary/aromatic N) is 3. The molecule has 11 heteroatoms. The van der Waals surface area contributed by atoms with Crippen LogP contribution in [0.3, 0.4) is 0 Å². The highest BCUT2D eigenvalue weighted by Crippen LogP contribution is 2.26. The second-order valence-electron chi connectivity index (χ2n) is 9.39. The van der Waals surface area contributed by atoms with Crippen molar-refractivity contribution in [3.05, 3.63) is 53.1 Å². The van der Waals surface area contributed by atoms with Crippen molar-refractivity contribution in [1.82, 2.24) is 9.21 Å². The molecule has 9 nitrogen and oxygen atoms in total. The van der Waals surface area contributed by atoms with Gasteiger partial charge in [-0.05, 0) is 69.1 Å². The van der Waals surface area contributed by atoms with Gasteiger partial charge in [0.15, 0.2) is 0 Å². The van der Waals surface area contributed by atoms with Crippen molar-refractivity contribution in [3.63, 3.8) is 0 Å². The first-order valence-electron chi connectivity index (χ1n) is 11.9. The van der Waals surface area contributed by atoms with Crippen LogP contribution in [0.15, 0.2) is 41.3 Å². The SMILES string of the molecule is Cc1ccc(NC(=O)CCCN(c2cccc(C)c2C)S(C)(=O)=O)cc1S(=O)(=O)N1CCN(C)CC1. The van der Waals surface area contributed by atoms with Crippen LogP contribution < -0.4 is 9.62 Å². The molecular weight excluding hydrogens is 500 g/mol. The first-order chi connectivity index (χ1) is 16.8. The van der Waals surface area contributed by atoms with Crippen molar-refractivity contribution in [2.45, 2.75) is 38.5 Å². The van der Waals surface area contributed by atoms with E-state index in [1.54, 1.807) is 25.1 Å². The topological polar surface area (TPSA) is 107 Å². The second-order valence-corrected chi connectivity index (χ2v) is 13.2. The Morgan fingerprint density at radius 1 is 0.972 bits per heavy atom. The summed E-state index contributed by atoms with van der Waals surface area (Å²) in [4.78, 5) is 14.9. The molecule has 1 aliphatic heterocycles. The first-order valence-corrected chi connectivity index (χ1v) is 15.2. The third-order valence-corrected chi connectivity index (χ3v) is 9.78. The summed E-state index contributed by atoms with van der Waals surface area (Å²) in [5.74, 6) is -0.309. The van der Waals surface area contributed by atoms with Gasteiger partial charge in [0.2, 0.25) is 26.0 Å². The number of rotatable bonds is 9. The molecule has 0 atom stereocenters. The summed E-state index contributed by atoms with van der Waals surface area (Å²) in [6.45, 7) is 7.88. The standard InChI is InChI=1S/C25H36N4O5S2/c1-19-8-6-9-23(21(19)3)29(35(5,31)32)13-7-10-25(30)26-22-12-11-20(2)24(18-22)36(33,34)28-16-14-27(4)15-17-28/h6,8-9,11-12,18H,7,10,13-17H2,1-5H3,(H,26,30). The summed E-state index contributed by atoms with van der Waals surface area (Å²) in [5, 5.41) is 2.77. The lowest BCUT2D eigenvalue weighted by Crippen LogP contribution is -2.47. The number of likely N-dealkylation sites (N-methyl/N-ethyl adjacent to an activating group) is 1. The van der Waals surface area contributed by atoms with Crippen LogP contribution in [0, 0.1) is 20.8 Å². The Morgan fingerprint density at radius 3 is 2.28 bits per heavy atom. The van der Waals surface area contributed by atoms with Gasteiger partial charge in [0, 0.05) is 44.8 Å². The molecule has 3 rings (SSSR count). The van der Waals surface area contributed by atoms with Crippen LogP contribution in [0.5, 0.6) is 0 Å². The quantitative estimate of drug-likeness (QED) is 0.528. The number of aryl methyl sites for hydroxylation is 2. The van der Waals surface area contributed by atoms with E-state index >= 15 is 0 Å². The minimum absolute atomic E-state index is 0.0886. The Balaban J connectivity index is 1.67. The number of amides is 1. The highest BCUT2D eigenvalue weighted by Gasteiger charge is 2.29. The summed E-state index contributed by atoms with van der Waals surface area (Å²) < 4.78 is 54.1. The van der Waals surface area contributed by atoms with E-state index in [0.29, 0.717) is 49.5 Å². The maximum Gasteiger partial charge on any atom is 0.243 e. The number of benzene rings is 2. The molecule has 1 saturated heterocycles. The predicted molar refractivity (Wildman–Crippen MR) is 143 cm³/mol. The van der Waals surface area contributed by atoms with Gasteiger partial charge < -0.3 is 10.2 Å². The Hall–Kier alpha value is -2.47. The third kappa shape index (κ3) is 6.64. The third-order valence-electron chi connectivity index (χ3n) is 6.56. The van der Waals surface area contributed by atoms with Crippen molar-refractivity contribution < 1.29 is 21.6 Å². The fourth-order valence-electron chi connectivity index (χ4n) is 4.20. The number of sulfonamides is 2. The number of anilines is 2. The highest BCUT2D eigenvalue weighted by atomic mass is 32.2. The van der Waals surface area contributed by atoms with Gasteiger partial charge >= 0.3 is 0 Å². The molecule has 0 unspecified atom stereocenters. The van der Waals surface area contributed by atoms with Crippen molar-refractivity contribution >= 4 is 37.3 Å². The number of hydrogen-bond acceptors (Lipinski definition) is 6. The maximum atomic E-state index is 13.2. The molecule has 0 spiro atoms. The lowest BCUT2D eigenvalue weighted by atomic mass is 10.1. The van der Waals surface area contributed by atoms with Gasteiger partial charge in [0.1, 0.15) is 0 Å². The van der Waals surface area contributed by atoms with Gasteiger partial charge in [0.05, 0.1) is 16.8 Å². The largest absolute Gasteiger partial charge is 0.326 e. The van der Waals surface area contributed by atoms with Crippen molar-refractivity contribution in [1.29, 1.82) is 0 Å². The second kappa shape index (κ2) is 11.3. The summed E-state index contributed by atoms with van der Waals surface area (Å²) in [6, 6.07) is 10.4. The number of nitrogens with one attached hydrogen (secondary N) is 1. The molecule has 1 aliphatic rings. The Labute approximate surface area is 215 Å². The van der Waals surface area contributed by atoms with E-state index in [0.717, 1.165) is 17.4 Å². The van der Waals surface area contributed by atoms with Crippen LogP contribution in [0.4, 0.5) is 11.4 Å². The van der Waals surface area contributed by atoms with Gasteiger partial charge in [-0.3, -0.25) is 9.10 Å². The smallest absolute Gasteiger partial charge is 0.243 e. The summed E-state index contributed by atoms with van der Waals surface area (Å²) in [5.41, 5.74) is 3.48. The van der Waals surface area contributed by atoms with E-state index in [9.17, 15) is 21.6 Å². The van der Waals surface area contributed by atoms with E-state index in [1.165, 1.54) is 14.7 Å². The number of hydrogen-bond donors (Lipinski definition) is 1. The van der Waals surface area contributed by atoms with Crippen molar-refractivity contribution in [2.75, 3.05) is 55.6 Å². The van der Waals surface area contributed by atoms with Gasteiger partial charge in [0.25, 0.3) is 0 Å². The van der Waals surface area contributed by atoms with E-state index in [2.05, 4.69) is 10.2 Å². The maximum absolute atomic E-state index is 13.2. The molecule has 0 radical (unpaired) electrons. The number of carbonyl (C=O) groups excluding carboxylic acids is 1. The van der Waals surface area contributed by atoms with Crippen LogP contribution in [-0.4, -0.2) is 78.0 Å². The highest BCUT2D eigenvalue weighted by molar-refractivity contribution is 7.92. The molecule has 1 amide bonds. The molecule has 1 fully saturated rings. The molecule has 0 aliphatic carbocycles. The fraction of sp³-hybridized carbons (Fsp3) is 0.480. The zero-order valence-corrected chi connectivity index (χ0v) is 23.2. The number of piperazine rings is 1. The van der Waals surface area contributed by atoms with E-state index in [1.807, 2.05) is 33.0 Å². The predicted octanol–water partition coefficient (Wildman–Crippen LogP) is 2.73. The van der Waals surface area contributed by atoms with Gasteiger partial charge in [-0.25, -0.2) is 16.8 Å². The van der Waals surface area contributed by atoms with Crippen LogP contribution in [0.2, 0.25) is 0 Å². The summed E-state index contributed by atoms with van der Waals surface area (Å²) >= 11 is 0. The molecule has 1 heterocycles. The average Bonchev–Trinajstić information content (AvgIpc) is 2.79. The molecule has 0 bridgehead atoms. The molecule has 1 N–H and O–H groups in total. The van der Waals surface area contributed by atoms with Crippen LogP contribution in [0.25, 0.3) is 0 Å². The summed E-state index contributed by atoms with van der Waals surface area (Å²) in [6.07, 6.45) is 1.55. The Morgan fingerprint density at radius 2 is 1.64 bits per heavy atom. The summed E-state index contributed by atoms with van der Waals surface area (Å²) in [7, 11) is -5.24.